The SMILES string of the molecule is FC(F)(F)C1(c2cc(Cl)cc(Cl)c2)CC(c2ccc(-n3cnnc3)cc2)=NO1. The lowest BCUT2D eigenvalue weighted by Crippen LogP contribution is -2.42. The Bertz CT molecular complexity index is 1020. The Hall–Kier alpha value is -2.58. The summed E-state index contributed by atoms with van der Waals surface area (Å²) in [4.78, 5) is 4.99. The van der Waals surface area contributed by atoms with E-state index < -0.39 is 18.2 Å². The third-order valence-electron chi connectivity index (χ3n) is 4.43. The van der Waals surface area contributed by atoms with Gasteiger partial charge in [-0.25, -0.2) is 0 Å². The van der Waals surface area contributed by atoms with Crippen molar-refractivity contribution in [3.05, 3.63) is 76.3 Å². The van der Waals surface area contributed by atoms with Crippen molar-refractivity contribution in [2.24, 2.45) is 5.16 Å². The quantitative estimate of drug-likeness (QED) is 0.581. The average Bonchev–Trinajstić information content (AvgIpc) is 3.31. The van der Waals surface area contributed by atoms with E-state index in [1.54, 1.807) is 28.8 Å². The van der Waals surface area contributed by atoms with Crippen LogP contribution in [0.1, 0.15) is 17.5 Å². The van der Waals surface area contributed by atoms with Crippen LogP contribution in [-0.4, -0.2) is 26.7 Å². The van der Waals surface area contributed by atoms with E-state index in [0.29, 0.717) is 5.56 Å². The second-order valence-corrected chi connectivity index (χ2v) is 7.08. The summed E-state index contributed by atoms with van der Waals surface area (Å²) in [6, 6.07) is 10.5. The molecule has 5 nitrogen and oxygen atoms in total. The van der Waals surface area contributed by atoms with Crippen molar-refractivity contribution in [3.8, 4) is 5.69 Å². The molecule has 1 atom stereocenters. The van der Waals surface area contributed by atoms with Gasteiger partial charge in [0.15, 0.2) is 0 Å². The smallest absolute Gasteiger partial charge is 0.374 e. The third kappa shape index (κ3) is 3.22. The first-order valence-corrected chi connectivity index (χ1v) is 8.78. The van der Waals surface area contributed by atoms with Crippen LogP contribution in [0, 0.1) is 0 Å². The number of nitrogens with zero attached hydrogens (tertiary/aromatic N) is 4. The molecule has 1 aliphatic rings. The minimum Gasteiger partial charge on any atom is -0.374 e. The summed E-state index contributed by atoms with van der Waals surface area (Å²) in [5.74, 6) is 0. The Morgan fingerprint density at radius 3 is 2.14 bits per heavy atom. The molecular formula is C18H11Cl2F3N4O. The van der Waals surface area contributed by atoms with E-state index in [1.165, 1.54) is 30.9 Å². The fourth-order valence-electron chi connectivity index (χ4n) is 3.01. The highest BCUT2D eigenvalue weighted by Crippen LogP contribution is 2.49. The third-order valence-corrected chi connectivity index (χ3v) is 4.87. The molecule has 1 aromatic heterocycles. The van der Waals surface area contributed by atoms with Crippen LogP contribution in [0.2, 0.25) is 10.0 Å². The number of hydrogen-bond acceptors (Lipinski definition) is 4. The maximum Gasteiger partial charge on any atom is 0.435 e. The van der Waals surface area contributed by atoms with E-state index in [1.807, 2.05) is 0 Å². The molecule has 1 aliphatic heterocycles. The maximum atomic E-state index is 14.0. The summed E-state index contributed by atoms with van der Waals surface area (Å²) in [6.07, 6.45) is -2.20. The molecule has 28 heavy (non-hydrogen) atoms. The molecule has 0 saturated carbocycles. The molecule has 0 amide bonds. The van der Waals surface area contributed by atoms with Crippen molar-refractivity contribution in [2.75, 3.05) is 0 Å². The minimum atomic E-state index is -4.73. The molecule has 0 fully saturated rings. The van der Waals surface area contributed by atoms with Gasteiger partial charge in [-0.15, -0.1) is 10.2 Å². The largest absolute Gasteiger partial charge is 0.435 e. The first kappa shape index (κ1) is 18.8. The summed E-state index contributed by atoms with van der Waals surface area (Å²) in [7, 11) is 0. The number of rotatable bonds is 3. The van der Waals surface area contributed by atoms with Crippen LogP contribution in [0.3, 0.4) is 0 Å². The van der Waals surface area contributed by atoms with Crippen LogP contribution in [0.5, 0.6) is 0 Å². The van der Waals surface area contributed by atoms with E-state index in [9.17, 15) is 13.2 Å². The van der Waals surface area contributed by atoms with Crippen LogP contribution in [0.15, 0.2) is 60.3 Å². The topological polar surface area (TPSA) is 52.3 Å². The van der Waals surface area contributed by atoms with Crippen molar-refractivity contribution in [1.82, 2.24) is 14.8 Å². The van der Waals surface area contributed by atoms with Crippen LogP contribution >= 0.6 is 23.2 Å². The predicted octanol–water partition coefficient (Wildman–Crippen LogP) is 5.16. The van der Waals surface area contributed by atoms with Gasteiger partial charge in [0.25, 0.3) is 5.60 Å². The number of alkyl halides is 3. The predicted molar refractivity (Wildman–Crippen MR) is 97.8 cm³/mol. The summed E-state index contributed by atoms with van der Waals surface area (Å²) in [5.41, 5.74) is -1.40. The number of hydrogen-bond donors (Lipinski definition) is 0. The molecule has 0 spiro atoms. The van der Waals surface area contributed by atoms with Gasteiger partial charge in [0.2, 0.25) is 0 Å². The maximum absolute atomic E-state index is 14.0. The van der Waals surface area contributed by atoms with Crippen molar-refractivity contribution in [2.45, 2.75) is 18.2 Å². The van der Waals surface area contributed by atoms with Gasteiger partial charge in [0, 0.05) is 27.7 Å². The molecule has 1 unspecified atom stereocenters. The van der Waals surface area contributed by atoms with Crippen LogP contribution < -0.4 is 0 Å². The zero-order valence-corrected chi connectivity index (χ0v) is 15.5. The summed E-state index contributed by atoms with van der Waals surface area (Å²) in [6.45, 7) is 0. The van der Waals surface area contributed by atoms with Gasteiger partial charge >= 0.3 is 6.18 Å². The Kier molecular flexibility index (Phi) is 4.55. The monoisotopic (exact) mass is 426 g/mol. The van der Waals surface area contributed by atoms with Gasteiger partial charge in [0.1, 0.15) is 12.7 Å². The van der Waals surface area contributed by atoms with Crippen LogP contribution in [0.4, 0.5) is 13.2 Å². The lowest BCUT2D eigenvalue weighted by molar-refractivity contribution is -0.275. The van der Waals surface area contributed by atoms with E-state index in [4.69, 9.17) is 28.0 Å². The molecule has 10 heteroatoms. The summed E-state index contributed by atoms with van der Waals surface area (Å²) >= 11 is 11.8. The van der Waals surface area contributed by atoms with Crippen LogP contribution in [-0.2, 0) is 10.4 Å². The number of halogens is 5. The van der Waals surface area contributed by atoms with Gasteiger partial charge in [-0.2, -0.15) is 13.2 Å². The molecular weight excluding hydrogens is 416 g/mol. The number of oxime groups is 1. The zero-order valence-electron chi connectivity index (χ0n) is 14.0. The van der Waals surface area contributed by atoms with Gasteiger partial charge in [-0.1, -0.05) is 40.5 Å². The molecule has 4 rings (SSSR count). The zero-order chi connectivity index (χ0) is 19.9. The molecule has 0 saturated heterocycles. The van der Waals surface area contributed by atoms with E-state index in [0.717, 1.165) is 5.69 Å². The highest BCUT2D eigenvalue weighted by molar-refractivity contribution is 6.34. The second kappa shape index (κ2) is 6.79. The fourth-order valence-corrected chi connectivity index (χ4v) is 3.53. The Morgan fingerprint density at radius 1 is 0.964 bits per heavy atom. The Morgan fingerprint density at radius 2 is 1.57 bits per heavy atom. The standard InChI is InChI=1S/C18H11Cl2F3N4O/c19-13-5-12(6-14(20)7-13)17(18(21,22)23)8-16(26-28-17)11-1-3-15(4-2-11)27-9-24-25-10-27/h1-7,9-10H,8H2. The van der Waals surface area contributed by atoms with Crippen molar-refractivity contribution < 1.29 is 18.0 Å². The Labute approximate surface area is 167 Å². The average molecular weight is 427 g/mol. The molecule has 0 radical (unpaired) electrons. The Balaban J connectivity index is 1.67. The molecule has 0 aliphatic carbocycles. The van der Waals surface area contributed by atoms with Crippen molar-refractivity contribution >= 4 is 28.9 Å². The van der Waals surface area contributed by atoms with Gasteiger partial charge in [0.05, 0.1) is 5.71 Å². The first-order chi connectivity index (χ1) is 13.3. The second-order valence-electron chi connectivity index (χ2n) is 6.20. The van der Waals surface area contributed by atoms with Gasteiger partial charge in [-0.3, -0.25) is 4.57 Å². The number of aromatic nitrogens is 3. The van der Waals surface area contributed by atoms with Crippen molar-refractivity contribution in [1.29, 1.82) is 0 Å². The number of benzene rings is 2. The van der Waals surface area contributed by atoms with Crippen LogP contribution in [0.25, 0.3) is 5.69 Å². The summed E-state index contributed by atoms with van der Waals surface area (Å²) in [5, 5.41) is 11.3. The fraction of sp³-hybridized carbons (Fsp3) is 0.167. The van der Waals surface area contributed by atoms with Crippen molar-refractivity contribution in [3.63, 3.8) is 0 Å². The van der Waals surface area contributed by atoms with Gasteiger partial charge in [-0.05, 0) is 35.9 Å². The normalized spacial score (nSPS) is 19.4. The minimum absolute atomic E-state index is 0.0847. The highest BCUT2D eigenvalue weighted by Gasteiger charge is 2.62. The molecule has 0 N–H and O–H groups in total. The first-order valence-electron chi connectivity index (χ1n) is 8.02. The van der Waals surface area contributed by atoms with E-state index in [2.05, 4.69) is 15.4 Å². The molecule has 2 aromatic carbocycles. The highest BCUT2D eigenvalue weighted by atomic mass is 35.5. The summed E-state index contributed by atoms with van der Waals surface area (Å²) < 4.78 is 43.7. The lowest BCUT2D eigenvalue weighted by Gasteiger charge is -2.29. The molecule has 2 heterocycles. The van der Waals surface area contributed by atoms with E-state index >= 15 is 0 Å². The lowest BCUT2D eigenvalue weighted by atomic mass is 9.86. The molecule has 0 bridgehead atoms. The van der Waals surface area contributed by atoms with E-state index in [-0.39, 0.29) is 21.3 Å². The molecule has 144 valence electrons. The molecule has 3 aromatic rings. The van der Waals surface area contributed by atoms with Gasteiger partial charge < -0.3 is 4.84 Å².